The van der Waals surface area contributed by atoms with Crippen LogP contribution in [0.25, 0.3) is 0 Å². The summed E-state index contributed by atoms with van der Waals surface area (Å²) in [5.74, 6) is -0.220. The van der Waals surface area contributed by atoms with E-state index in [1.54, 1.807) is 12.1 Å². The van der Waals surface area contributed by atoms with E-state index < -0.39 is 5.60 Å². The first kappa shape index (κ1) is 16.3. The summed E-state index contributed by atoms with van der Waals surface area (Å²) in [6, 6.07) is 5.20. The summed E-state index contributed by atoms with van der Waals surface area (Å²) < 4.78 is 0. The maximum Gasteiger partial charge on any atom is 0.251 e. The van der Waals surface area contributed by atoms with E-state index >= 15 is 0 Å². The van der Waals surface area contributed by atoms with Crippen molar-refractivity contribution in [2.45, 2.75) is 32.3 Å². The van der Waals surface area contributed by atoms with Crippen LogP contribution in [-0.4, -0.2) is 37.3 Å². The number of nitrogens with one attached hydrogen (secondary N) is 1. The lowest BCUT2D eigenvalue weighted by molar-refractivity contribution is 0.0314. The van der Waals surface area contributed by atoms with Crippen LogP contribution in [0.2, 0.25) is 0 Å². The van der Waals surface area contributed by atoms with Crippen molar-refractivity contribution >= 4 is 17.3 Å². The van der Waals surface area contributed by atoms with Gasteiger partial charge >= 0.3 is 0 Å². The van der Waals surface area contributed by atoms with Gasteiger partial charge in [-0.3, -0.25) is 4.79 Å². The fourth-order valence-corrected chi connectivity index (χ4v) is 1.95. The first-order valence-electron chi connectivity index (χ1n) is 6.90. The van der Waals surface area contributed by atoms with E-state index in [-0.39, 0.29) is 12.5 Å². The Kier molecular flexibility index (Phi) is 5.39. The van der Waals surface area contributed by atoms with Crippen LogP contribution in [0.15, 0.2) is 18.2 Å². The minimum Gasteiger partial charge on any atom is -0.397 e. The zero-order valence-corrected chi connectivity index (χ0v) is 12.7. The molecule has 5 nitrogen and oxygen atoms in total. The second-order valence-electron chi connectivity index (χ2n) is 5.28. The van der Waals surface area contributed by atoms with E-state index in [1.165, 1.54) is 0 Å². The summed E-state index contributed by atoms with van der Waals surface area (Å²) >= 11 is 0. The maximum atomic E-state index is 12.1. The van der Waals surface area contributed by atoms with E-state index in [0.29, 0.717) is 24.1 Å². The third kappa shape index (κ3) is 3.87. The van der Waals surface area contributed by atoms with E-state index in [9.17, 15) is 9.90 Å². The molecule has 0 heterocycles. The Labute approximate surface area is 120 Å². The Morgan fingerprint density at radius 1 is 1.35 bits per heavy atom. The predicted octanol–water partition coefficient (Wildman–Crippen LogP) is 1.62. The van der Waals surface area contributed by atoms with Gasteiger partial charge in [-0.1, -0.05) is 13.8 Å². The SMILES string of the molecule is CCC(O)(CC)CNC(=O)c1ccc(N(C)C)c(N)c1. The zero-order valence-electron chi connectivity index (χ0n) is 12.7. The smallest absolute Gasteiger partial charge is 0.251 e. The van der Waals surface area contributed by atoms with Gasteiger partial charge in [0, 0.05) is 26.2 Å². The number of aliphatic hydroxyl groups is 1. The number of hydrogen-bond acceptors (Lipinski definition) is 4. The van der Waals surface area contributed by atoms with Gasteiger partial charge in [0.2, 0.25) is 0 Å². The molecule has 5 heteroatoms. The molecule has 4 N–H and O–H groups in total. The minimum absolute atomic E-state index is 0.220. The van der Waals surface area contributed by atoms with Gasteiger partial charge in [0.15, 0.2) is 0 Å². The molecule has 0 aromatic heterocycles. The number of carbonyl (C=O) groups excluding carboxylic acids is 1. The molecule has 0 aliphatic carbocycles. The normalized spacial score (nSPS) is 11.2. The number of carbonyl (C=O) groups is 1. The number of nitrogens with two attached hydrogens (primary N) is 1. The molecule has 0 fully saturated rings. The summed E-state index contributed by atoms with van der Waals surface area (Å²) in [5, 5.41) is 12.9. The first-order chi connectivity index (χ1) is 9.33. The molecular formula is C15H25N3O2. The highest BCUT2D eigenvalue weighted by atomic mass is 16.3. The van der Waals surface area contributed by atoms with Crippen LogP contribution >= 0.6 is 0 Å². The lowest BCUT2D eigenvalue weighted by atomic mass is 9.97. The summed E-state index contributed by atoms with van der Waals surface area (Å²) in [6.07, 6.45) is 1.21. The van der Waals surface area contributed by atoms with E-state index in [4.69, 9.17) is 5.73 Å². The Balaban J connectivity index is 2.76. The molecule has 112 valence electrons. The number of nitrogens with zero attached hydrogens (tertiary/aromatic N) is 1. The standard InChI is InChI=1S/C15H25N3O2/c1-5-15(20,6-2)10-17-14(19)11-7-8-13(18(3)4)12(16)9-11/h7-9,20H,5-6,10,16H2,1-4H3,(H,17,19). The molecule has 0 aliphatic rings. The third-order valence-corrected chi connectivity index (χ3v) is 3.67. The van der Waals surface area contributed by atoms with Gasteiger partial charge in [0.25, 0.3) is 5.91 Å². The molecule has 1 amide bonds. The van der Waals surface area contributed by atoms with E-state index in [2.05, 4.69) is 5.32 Å². The average Bonchev–Trinajstić information content (AvgIpc) is 2.43. The van der Waals surface area contributed by atoms with Gasteiger partial charge in [-0.25, -0.2) is 0 Å². The first-order valence-corrected chi connectivity index (χ1v) is 6.90. The summed E-state index contributed by atoms with van der Waals surface area (Å²) in [7, 11) is 3.79. The topological polar surface area (TPSA) is 78.6 Å². The monoisotopic (exact) mass is 279 g/mol. The van der Waals surface area contributed by atoms with Crippen LogP contribution < -0.4 is 16.0 Å². The highest BCUT2D eigenvalue weighted by Crippen LogP contribution is 2.22. The fourth-order valence-electron chi connectivity index (χ4n) is 1.95. The van der Waals surface area contributed by atoms with Crippen molar-refractivity contribution in [1.82, 2.24) is 5.32 Å². The van der Waals surface area contributed by atoms with Crippen molar-refractivity contribution < 1.29 is 9.90 Å². The Hall–Kier alpha value is -1.75. The lowest BCUT2D eigenvalue weighted by Gasteiger charge is -2.25. The predicted molar refractivity (Wildman–Crippen MR) is 83.0 cm³/mol. The van der Waals surface area contributed by atoms with E-state index in [1.807, 2.05) is 38.9 Å². The van der Waals surface area contributed by atoms with Gasteiger partial charge in [-0.2, -0.15) is 0 Å². The van der Waals surface area contributed by atoms with Crippen molar-refractivity contribution in [3.63, 3.8) is 0 Å². The molecule has 0 radical (unpaired) electrons. The largest absolute Gasteiger partial charge is 0.397 e. The van der Waals surface area contributed by atoms with Gasteiger partial charge in [0.1, 0.15) is 0 Å². The lowest BCUT2D eigenvalue weighted by Crippen LogP contribution is -2.42. The molecule has 1 aromatic rings. The minimum atomic E-state index is -0.842. The average molecular weight is 279 g/mol. The van der Waals surface area contributed by atoms with Crippen molar-refractivity contribution in [1.29, 1.82) is 0 Å². The fraction of sp³-hybridized carbons (Fsp3) is 0.533. The van der Waals surface area contributed by atoms with Crippen LogP contribution in [0, 0.1) is 0 Å². The highest BCUT2D eigenvalue weighted by molar-refractivity contribution is 5.96. The van der Waals surface area contributed by atoms with Crippen LogP contribution in [0.4, 0.5) is 11.4 Å². The number of anilines is 2. The number of rotatable bonds is 6. The molecule has 0 bridgehead atoms. The van der Waals surface area contributed by atoms with E-state index in [0.717, 1.165) is 5.69 Å². The Bertz CT molecular complexity index is 468. The molecule has 0 saturated carbocycles. The third-order valence-electron chi connectivity index (χ3n) is 3.67. The quantitative estimate of drug-likeness (QED) is 0.691. The molecule has 0 saturated heterocycles. The number of benzene rings is 1. The van der Waals surface area contributed by atoms with Gasteiger partial charge < -0.3 is 21.1 Å². The van der Waals surface area contributed by atoms with Gasteiger partial charge in [0.05, 0.1) is 17.0 Å². The van der Waals surface area contributed by atoms with Crippen LogP contribution in [0.1, 0.15) is 37.0 Å². The van der Waals surface area contributed by atoms with Gasteiger partial charge in [-0.15, -0.1) is 0 Å². The molecular weight excluding hydrogens is 254 g/mol. The van der Waals surface area contributed by atoms with Crippen molar-refractivity contribution in [2.75, 3.05) is 31.3 Å². The molecule has 0 spiro atoms. The highest BCUT2D eigenvalue weighted by Gasteiger charge is 2.23. The summed E-state index contributed by atoms with van der Waals surface area (Å²) in [6.45, 7) is 4.05. The molecule has 1 rings (SSSR count). The second-order valence-corrected chi connectivity index (χ2v) is 5.28. The Morgan fingerprint density at radius 2 is 1.95 bits per heavy atom. The summed E-state index contributed by atoms with van der Waals surface area (Å²) in [4.78, 5) is 14.0. The molecule has 1 aromatic carbocycles. The number of nitrogen functional groups attached to an aromatic ring is 1. The van der Waals surface area contributed by atoms with Crippen molar-refractivity contribution in [3.05, 3.63) is 23.8 Å². The molecule has 20 heavy (non-hydrogen) atoms. The summed E-state index contributed by atoms with van der Waals surface area (Å²) in [5.41, 5.74) is 7.02. The molecule has 0 aliphatic heterocycles. The van der Waals surface area contributed by atoms with Crippen molar-refractivity contribution in [2.24, 2.45) is 0 Å². The van der Waals surface area contributed by atoms with Crippen LogP contribution in [-0.2, 0) is 0 Å². The number of hydrogen-bond donors (Lipinski definition) is 3. The number of amides is 1. The zero-order chi connectivity index (χ0) is 15.3. The van der Waals surface area contributed by atoms with Crippen LogP contribution in [0.5, 0.6) is 0 Å². The molecule has 0 unspecified atom stereocenters. The van der Waals surface area contributed by atoms with Crippen LogP contribution in [0.3, 0.4) is 0 Å². The molecule has 0 atom stereocenters. The van der Waals surface area contributed by atoms with Crippen molar-refractivity contribution in [3.8, 4) is 0 Å². The van der Waals surface area contributed by atoms with Gasteiger partial charge in [-0.05, 0) is 31.0 Å². The second kappa shape index (κ2) is 6.61. The maximum absolute atomic E-state index is 12.1. The Morgan fingerprint density at radius 3 is 2.40 bits per heavy atom.